The predicted molar refractivity (Wildman–Crippen MR) is 89.3 cm³/mol. The summed E-state index contributed by atoms with van der Waals surface area (Å²) in [5.74, 6) is -0.837. The molecule has 5 heteroatoms. The van der Waals surface area contributed by atoms with Gasteiger partial charge in [-0.2, -0.15) is 0 Å². The van der Waals surface area contributed by atoms with Crippen LogP contribution in [0.25, 0.3) is 0 Å². The van der Waals surface area contributed by atoms with Crippen molar-refractivity contribution in [2.45, 2.75) is 20.4 Å². The van der Waals surface area contributed by atoms with Crippen molar-refractivity contribution in [1.82, 2.24) is 10.2 Å². The molecule has 0 aliphatic carbocycles. The molecule has 0 radical (unpaired) electrons. The Morgan fingerprint density at radius 2 is 2.13 bits per heavy atom. The van der Waals surface area contributed by atoms with E-state index in [0.717, 1.165) is 5.56 Å². The fourth-order valence-corrected chi connectivity index (χ4v) is 2.35. The van der Waals surface area contributed by atoms with E-state index in [1.54, 1.807) is 30.5 Å². The average molecular weight is 312 g/mol. The van der Waals surface area contributed by atoms with Gasteiger partial charge in [-0.15, -0.1) is 0 Å². The van der Waals surface area contributed by atoms with Gasteiger partial charge in [0.25, 0.3) is 0 Å². The zero-order valence-corrected chi connectivity index (χ0v) is 13.2. The summed E-state index contributed by atoms with van der Waals surface area (Å²) >= 11 is 0. The number of rotatable bonds is 5. The van der Waals surface area contributed by atoms with Gasteiger partial charge in [0.05, 0.1) is 5.70 Å². The zero-order valence-electron chi connectivity index (χ0n) is 13.2. The summed E-state index contributed by atoms with van der Waals surface area (Å²) in [5, 5.41) is 22.7. The number of para-hydroxylation sites is 1. The number of carboxylic acid groups (broad SMARTS) is 1. The molecule has 0 spiro atoms. The minimum absolute atomic E-state index is 0.0998. The lowest BCUT2D eigenvalue weighted by molar-refractivity contribution is -0.134. The topological polar surface area (TPSA) is 72.8 Å². The molecule has 120 valence electrons. The highest BCUT2D eigenvalue weighted by molar-refractivity contribution is 5.88. The fraction of sp³-hybridized carbons (Fsp3) is 0.167. The predicted octanol–water partition coefficient (Wildman–Crippen LogP) is 3.01. The fourth-order valence-electron chi connectivity index (χ4n) is 2.35. The SMILES string of the molecule is C=C1C=CC(NCc2cccc(C)c2O)=C(C(=O)O)N1/C=C\C. The first-order valence-corrected chi connectivity index (χ1v) is 7.23. The molecule has 1 heterocycles. The van der Waals surface area contributed by atoms with E-state index >= 15 is 0 Å². The summed E-state index contributed by atoms with van der Waals surface area (Å²) in [6.45, 7) is 7.79. The highest BCUT2D eigenvalue weighted by atomic mass is 16.4. The van der Waals surface area contributed by atoms with E-state index in [1.165, 1.54) is 4.90 Å². The van der Waals surface area contributed by atoms with E-state index in [-0.39, 0.29) is 11.4 Å². The maximum absolute atomic E-state index is 11.6. The smallest absolute Gasteiger partial charge is 0.355 e. The van der Waals surface area contributed by atoms with Crippen LogP contribution in [0.3, 0.4) is 0 Å². The van der Waals surface area contributed by atoms with E-state index in [9.17, 15) is 15.0 Å². The Hall–Kier alpha value is -2.95. The molecule has 1 aliphatic heterocycles. The second kappa shape index (κ2) is 6.87. The van der Waals surface area contributed by atoms with Crippen LogP contribution in [0.4, 0.5) is 0 Å². The summed E-state index contributed by atoms with van der Waals surface area (Å²) in [5.41, 5.74) is 2.62. The number of carbonyl (C=O) groups is 1. The number of aromatic hydroxyl groups is 1. The largest absolute Gasteiger partial charge is 0.507 e. The van der Waals surface area contributed by atoms with Crippen LogP contribution >= 0.6 is 0 Å². The number of phenolic OH excluding ortho intramolecular Hbond substituents is 1. The number of aliphatic carboxylic acids is 1. The highest BCUT2D eigenvalue weighted by Gasteiger charge is 2.23. The zero-order chi connectivity index (χ0) is 17.0. The Bertz CT molecular complexity index is 730. The third-order valence-corrected chi connectivity index (χ3v) is 3.54. The minimum Gasteiger partial charge on any atom is -0.507 e. The maximum Gasteiger partial charge on any atom is 0.355 e. The standard InChI is InChI=1S/C18H20N2O3/c1-4-10-20-13(3)8-9-15(16(20)18(22)23)19-11-14-7-5-6-12(2)17(14)21/h4-10,19,21H,3,11H2,1-2H3,(H,22,23)/b10-4-. The number of hydrogen-bond acceptors (Lipinski definition) is 4. The van der Waals surface area contributed by atoms with Crippen LogP contribution in [0.15, 0.2) is 66.3 Å². The molecule has 1 aromatic rings. The van der Waals surface area contributed by atoms with Gasteiger partial charge in [-0.25, -0.2) is 4.79 Å². The van der Waals surface area contributed by atoms with Crippen LogP contribution in [-0.2, 0) is 11.3 Å². The Kier molecular flexibility index (Phi) is 4.91. The molecule has 0 amide bonds. The lowest BCUT2D eigenvalue weighted by Gasteiger charge is -2.27. The summed E-state index contributed by atoms with van der Waals surface area (Å²) < 4.78 is 0. The number of benzene rings is 1. The van der Waals surface area contributed by atoms with Crippen LogP contribution in [0.1, 0.15) is 18.1 Å². The summed E-state index contributed by atoms with van der Waals surface area (Å²) in [4.78, 5) is 13.1. The van der Waals surface area contributed by atoms with Crippen LogP contribution in [0.2, 0.25) is 0 Å². The van der Waals surface area contributed by atoms with Crippen LogP contribution in [-0.4, -0.2) is 21.1 Å². The van der Waals surface area contributed by atoms with Crippen molar-refractivity contribution in [2.75, 3.05) is 0 Å². The number of phenols is 1. The van der Waals surface area contributed by atoms with Crippen LogP contribution < -0.4 is 5.32 Å². The molecule has 3 N–H and O–H groups in total. The number of carboxylic acids is 1. The lowest BCUT2D eigenvalue weighted by Crippen LogP contribution is -2.29. The van der Waals surface area contributed by atoms with Gasteiger partial charge in [0.1, 0.15) is 5.75 Å². The average Bonchev–Trinajstić information content (AvgIpc) is 2.51. The number of hydrogen-bond donors (Lipinski definition) is 3. The van der Waals surface area contributed by atoms with E-state index in [0.29, 0.717) is 23.5 Å². The molecule has 0 fully saturated rings. The molecular weight excluding hydrogens is 292 g/mol. The molecule has 0 saturated heterocycles. The quantitative estimate of drug-likeness (QED) is 0.779. The van der Waals surface area contributed by atoms with Crippen LogP contribution in [0, 0.1) is 6.92 Å². The monoisotopic (exact) mass is 312 g/mol. The van der Waals surface area contributed by atoms with Crippen LogP contribution in [0.5, 0.6) is 5.75 Å². The first-order valence-electron chi connectivity index (χ1n) is 7.23. The van der Waals surface area contributed by atoms with Crippen molar-refractivity contribution in [3.8, 4) is 5.75 Å². The maximum atomic E-state index is 11.6. The normalized spacial score (nSPS) is 14.7. The molecule has 1 aromatic carbocycles. The Labute approximate surface area is 135 Å². The Balaban J connectivity index is 2.31. The summed E-state index contributed by atoms with van der Waals surface area (Å²) in [7, 11) is 0. The van der Waals surface area contributed by atoms with Gasteiger partial charge in [-0.1, -0.05) is 30.9 Å². The van der Waals surface area contributed by atoms with Crippen molar-refractivity contribution >= 4 is 5.97 Å². The van der Waals surface area contributed by atoms with Crippen molar-refractivity contribution < 1.29 is 15.0 Å². The van der Waals surface area contributed by atoms with Gasteiger partial charge in [-0.3, -0.25) is 0 Å². The number of nitrogens with zero attached hydrogens (tertiary/aromatic N) is 1. The van der Waals surface area contributed by atoms with Gasteiger partial charge in [0, 0.05) is 24.0 Å². The highest BCUT2D eigenvalue weighted by Crippen LogP contribution is 2.25. The number of allylic oxidation sites excluding steroid dienone is 3. The summed E-state index contributed by atoms with van der Waals surface area (Å²) in [6, 6.07) is 5.47. The first-order chi connectivity index (χ1) is 11.0. The second-order valence-corrected chi connectivity index (χ2v) is 5.18. The van der Waals surface area contributed by atoms with Crippen molar-refractivity contribution in [1.29, 1.82) is 0 Å². The van der Waals surface area contributed by atoms with E-state index in [4.69, 9.17) is 0 Å². The van der Waals surface area contributed by atoms with E-state index < -0.39 is 5.97 Å². The molecule has 2 rings (SSSR count). The molecule has 5 nitrogen and oxygen atoms in total. The van der Waals surface area contributed by atoms with Gasteiger partial charge >= 0.3 is 5.97 Å². The van der Waals surface area contributed by atoms with Gasteiger partial charge in [0.15, 0.2) is 5.70 Å². The lowest BCUT2D eigenvalue weighted by atomic mass is 10.1. The molecular formula is C18H20N2O3. The summed E-state index contributed by atoms with van der Waals surface area (Å²) in [6.07, 6.45) is 6.82. The van der Waals surface area contributed by atoms with E-state index in [1.807, 2.05) is 26.0 Å². The molecule has 0 unspecified atom stereocenters. The molecule has 0 bridgehead atoms. The third-order valence-electron chi connectivity index (χ3n) is 3.54. The molecule has 23 heavy (non-hydrogen) atoms. The molecule has 1 aliphatic rings. The third kappa shape index (κ3) is 3.45. The molecule has 0 aromatic heterocycles. The van der Waals surface area contributed by atoms with Gasteiger partial charge in [-0.05, 0) is 31.6 Å². The molecule has 0 saturated carbocycles. The molecule has 0 atom stereocenters. The number of nitrogens with one attached hydrogen (secondary N) is 1. The van der Waals surface area contributed by atoms with Crippen molar-refractivity contribution in [3.63, 3.8) is 0 Å². The number of aryl methyl sites for hydroxylation is 1. The van der Waals surface area contributed by atoms with E-state index in [2.05, 4.69) is 11.9 Å². The minimum atomic E-state index is -1.05. The van der Waals surface area contributed by atoms with Gasteiger partial charge < -0.3 is 20.4 Å². The second-order valence-electron chi connectivity index (χ2n) is 5.18. The first kappa shape index (κ1) is 16.4. The van der Waals surface area contributed by atoms with Crippen molar-refractivity contribution in [3.05, 3.63) is 77.4 Å². The van der Waals surface area contributed by atoms with Crippen molar-refractivity contribution in [2.24, 2.45) is 0 Å². The Morgan fingerprint density at radius 3 is 2.78 bits per heavy atom. The Morgan fingerprint density at radius 1 is 1.39 bits per heavy atom. The van der Waals surface area contributed by atoms with Gasteiger partial charge in [0.2, 0.25) is 0 Å².